The first-order valence-corrected chi connectivity index (χ1v) is 7.19. The van der Waals surface area contributed by atoms with Crippen molar-refractivity contribution in [2.45, 2.75) is 25.2 Å². The summed E-state index contributed by atoms with van der Waals surface area (Å²) < 4.78 is 5.32. The molecule has 1 aromatic rings. The van der Waals surface area contributed by atoms with Crippen LogP contribution in [0.1, 0.15) is 30.7 Å². The highest BCUT2D eigenvalue weighted by atomic mass is 35.5. The number of halogens is 2. The van der Waals surface area contributed by atoms with Gasteiger partial charge in [0, 0.05) is 12.0 Å². The highest BCUT2D eigenvalue weighted by Gasteiger charge is 2.28. The number of nitrogens with two attached hydrogens (primary N) is 1. The zero-order chi connectivity index (χ0) is 14.5. The second-order valence-electron chi connectivity index (χ2n) is 5.05. The Bertz CT molecular complexity index is 480. The number of hydrogen-bond donors (Lipinski definition) is 2. The number of carbonyl (C=O) groups is 1. The molecule has 0 amide bonds. The number of piperidine rings is 1. The molecule has 1 unspecified atom stereocenters. The van der Waals surface area contributed by atoms with Gasteiger partial charge in [0.05, 0.1) is 12.1 Å². The summed E-state index contributed by atoms with van der Waals surface area (Å²) in [5.41, 5.74) is 6.60. The Morgan fingerprint density at radius 2 is 2.24 bits per heavy atom. The average Bonchev–Trinajstić information content (AvgIpc) is 2.48. The van der Waals surface area contributed by atoms with E-state index in [4.69, 9.17) is 22.1 Å². The Morgan fingerprint density at radius 3 is 2.81 bits per heavy atom. The fraction of sp³-hybridized carbons (Fsp3) is 0.571. The highest BCUT2D eigenvalue weighted by Crippen LogP contribution is 2.39. The molecule has 0 spiro atoms. The Balaban J connectivity index is 0.00000220. The maximum Gasteiger partial charge on any atom is 0.218 e. The number of rotatable bonds is 5. The predicted molar refractivity (Wildman–Crippen MR) is 86.5 cm³/mol. The third-order valence-electron chi connectivity index (χ3n) is 3.89. The normalized spacial score (nSPS) is 16.9. The van der Waals surface area contributed by atoms with Gasteiger partial charge in [-0.2, -0.15) is 4.98 Å². The van der Waals surface area contributed by atoms with E-state index in [2.05, 4.69) is 10.3 Å². The zero-order valence-corrected chi connectivity index (χ0v) is 13.5. The Hall–Kier alpha value is -1.04. The van der Waals surface area contributed by atoms with E-state index in [1.165, 1.54) is 0 Å². The molecular weight excluding hydrogens is 313 g/mol. The van der Waals surface area contributed by atoms with E-state index in [0.29, 0.717) is 23.2 Å². The molecular formula is C14H21Cl2N3O2. The molecule has 7 heteroatoms. The molecule has 2 rings (SSSR count). The van der Waals surface area contributed by atoms with E-state index < -0.39 is 0 Å². The van der Waals surface area contributed by atoms with Crippen molar-refractivity contribution in [1.29, 1.82) is 0 Å². The van der Waals surface area contributed by atoms with E-state index in [1.807, 2.05) is 0 Å². The summed E-state index contributed by atoms with van der Waals surface area (Å²) in [6.45, 7) is 1.94. The third kappa shape index (κ3) is 4.22. The first-order valence-electron chi connectivity index (χ1n) is 6.81. The summed E-state index contributed by atoms with van der Waals surface area (Å²) in [5, 5.41) is 3.74. The molecule has 1 aliphatic rings. The maximum atomic E-state index is 11.0. The molecule has 1 aliphatic heterocycles. The van der Waals surface area contributed by atoms with Gasteiger partial charge in [0.2, 0.25) is 5.88 Å². The fourth-order valence-electron chi connectivity index (χ4n) is 2.85. The third-order valence-corrected chi connectivity index (χ3v) is 4.19. The van der Waals surface area contributed by atoms with Gasteiger partial charge in [-0.15, -0.1) is 12.4 Å². The Morgan fingerprint density at radius 1 is 1.57 bits per heavy atom. The van der Waals surface area contributed by atoms with Gasteiger partial charge in [-0.05, 0) is 43.8 Å². The van der Waals surface area contributed by atoms with Crippen molar-refractivity contribution in [3.8, 4) is 5.88 Å². The largest absolute Gasteiger partial charge is 0.481 e. The molecule has 1 aromatic heterocycles. The van der Waals surface area contributed by atoms with Gasteiger partial charge < -0.3 is 20.6 Å². The minimum Gasteiger partial charge on any atom is -0.481 e. The quantitative estimate of drug-likeness (QED) is 0.809. The number of pyridine rings is 1. The van der Waals surface area contributed by atoms with E-state index in [1.54, 1.807) is 13.2 Å². The number of ether oxygens (including phenoxy) is 1. The van der Waals surface area contributed by atoms with Crippen LogP contribution in [0.4, 0.5) is 5.82 Å². The molecule has 118 valence electrons. The van der Waals surface area contributed by atoms with Crippen molar-refractivity contribution in [2.24, 2.45) is 5.92 Å². The maximum absolute atomic E-state index is 11.0. The van der Waals surface area contributed by atoms with E-state index >= 15 is 0 Å². The lowest BCUT2D eigenvalue weighted by Crippen LogP contribution is -2.31. The molecule has 1 saturated heterocycles. The number of aldehydes is 1. The van der Waals surface area contributed by atoms with Gasteiger partial charge in [-0.3, -0.25) is 0 Å². The highest BCUT2D eigenvalue weighted by molar-refractivity contribution is 6.32. The first kappa shape index (κ1) is 18.0. The Kier molecular flexibility index (Phi) is 7.22. The minimum atomic E-state index is 0. The van der Waals surface area contributed by atoms with Crippen molar-refractivity contribution in [1.82, 2.24) is 10.3 Å². The molecule has 21 heavy (non-hydrogen) atoms. The molecule has 5 nitrogen and oxygen atoms in total. The van der Waals surface area contributed by atoms with Gasteiger partial charge in [0.25, 0.3) is 0 Å². The Labute approximate surface area is 136 Å². The molecule has 3 N–H and O–H groups in total. The smallest absolute Gasteiger partial charge is 0.218 e. The summed E-state index contributed by atoms with van der Waals surface area (Å²) in [7, 11) is 1.56. The molecule has 1 fully saturated rings. The first-order chi connectivity index (χ1) is 9.67. The number of nitrogens with one attached hydrogen (secondary N) is 1. The van der Waals surface area contributed by atoms with Crippen LogP contribution in [0.2, 0.25) is 5.02 Å². The van der Waals surface area contributed by atoms with Gasteiger partial charge in [0.15, 0.2) is 0 Å². The number of nitrogen functional groups attached to an aromatic ring is 1. The number of nitrogens with zero attached hydrogens (tertiary/aromatic N) is 1. The number of anilines is 1. The standard InChI is InChI=1S/C14H20ClN3O2.ClH/c1-20-14-11(8-12(15)13(16)18-14)10(4-7-19)9-2-5-17-6-3-9;/h7-10,17H,2-6H2,1H3,(H2,16,18);1H. The fourth-order valence-corrected chi connectivity index (χ4v) is 3.01. The van der Waals surface area contributed by atoms with Crippen LogP contribution in [0.3, 0.4) is 0 Å². The number of hydrogen-bond acceptors (Lipinski definition) is 5. The average molecular weight is 334 g/mol. The topological polar surface area (TPSA) is 77.2 Å². The molecule has 0 saturated carbocycles. The lowest BCUT2D eigenvalue weighted by molar-refractivity contribution is -0.108. The second kappa shape index (κ2) is 8.41. The number of aromatic nitrogens is 1. The van der Waals surface area contributed by atoms with E-state index in [0.717, 1.165) is 37.8 Å². The van der Waals surface area contributed by atoms with Crippen molar-refractivity contribution in [3.63, 3.8) is 0 Å². The molecule has 1 atom stereocenters. The monoisotopic (exact) mass is 333 g/mol. The van der Waals surface area contributed by atoms with Crippen LogP contribution in [0.25, 0.3) is 0 Å². The lowest BCUT2D eigenvalue weighted by Gasteiger charge is -2.30. The van der Waals surface area contributed by atoms with E-state index in [9.17, 15) is 4.79 Å². The molecule has 0 bridgehead atoms. The second-order valence-corrected chi connectivity index (χ2v) is 5.46. The lowest BCUT2D eigenvalue weighted by atomic mass is 9.79. The van der Waals surface area contributed by atoms with Gasteiger partial charge in [0.1, 0.15) is 12.1 Å². The summed E-state index contributed by atoms with van der Waals surface area (Å²) >= 11 is 6.08. The van der Waals surface area contributed by atoms with Crippen molar-refractivity contribution >= 4 is 36.1 Å². The van der Waals surface area contributed by atoms with Crippen molar-refractivity contribution < 1.29 is 9.53 Å². The summed E-state index contributed by atoms with van der Waals surface area (Å²) in [6.07, 6.45) is 3.46. The summed E-state index contributed by atoms with van der Waals surface area (Å²) in [6, 6.07) is 1.79. The van der Waals surface area contributed by atoms with Crippen molar-refractivity contribution in [2.75, 3.05) is 25.9 Å². The van der Waals surface area contributed by atoms with Gasteiger partial charge in [-0.25, -0.2) is 0 Å². The predicted octanol–water partition coefficient (Wildman–Crippen LogP) is 2.42. The van der Waals surface area contributed by atoms with Crippen LogP contribution < -0.4 is 15.8 Å². The van der Waals surface area contributed by atoms with E-state index in [-0.39, 0.29) is 24.1 Å². The van der Waals surface area contributed by atoms with Gasteiger partial charge >= 0.3 is 0 Å². The van der Waals surface area contributed by atoms with Crippen LogP contribution in [-0.4, -0.2) is 31.5 Å². The van der Waals surface area contributed by atoms with Crippen LogP contribution in [0.15, 0.2) is 6.07 Å². The molecule has 0 aliphatic carbocycles. The molecule has 0 radical (unpaired) electrons. The molecule has 2 heterocycles. The van der Waals surface area contributed by atoms with Crippen LogP contribution >= 0.6 is 24.0 Å². The van der Waals surface area contributed by atoms with Crippen molar-refractivity contribution in [3.05, 3.63) is 16.7 Å². The van der Waals surface area contributed by atoms with Crippen LogP contribution in [0.5, 0.6) is 5.88 Å². The number of methoxy groups -OCH3 is 1. The zero-order valence-electron chi connectivity index (χ0n) is 12.0. The summed E-state index contributed by atoms with van der Waals surface area (Å²) in [5.74, 6) is 1.23. The molecule has 0 aromatic carbocycles. The van der Waals surface area contributed by atoms with Gasteiger partial charge in [-0.1, -0.05) is 11.6 Å². The number of carbonyl (C=O) groups excluding carboxylic acids is 1. The SMILES string of the molecule is COc1nc(N)c(Cl)cc1C(CC=O)C1CCNCC1.Cl. The van der Waals surface area contributed by atoms with Crippen LogP contribution in [0, 0.1) is 5.92 Å². The summed E-state index contributed by atoms with van der Waals surface area (Å²) in [4.78, 5) is 15.2. The minimum absolute atomic E-state index is 0. The van der Waals surface area contributed by atoms with Crippen LogP contribution in [-0.2, 0) is 4.79 Å².